The SMILES string of the molecule is O=C(Nc1ccccc1)OC1CCCC(NC(=O)c2ccc(Cl)s2)C1. The van der Waals surface area contributed by atoms with Gasteiger partial charge in [-0.15, -0.1) is 11.3 Å². The summed E-state index contributed by atoms with van der Waals surface area (Å²) in [4.78, 5) is 24.8. The lowest BCUT2D eigenvalue weighted by Crippen LogP contribution is -2.41. The molecule has 0 saturated heterocycles. The van der Waals surface area contributed by atoms with Crippen LogP contribution in [-0.4, -0.2) is 24.1 Å². The molecule has 5 nitrogen and oxygen atoms in total. The minimum absolute atomic E-state index is 0.00310. The first-order valence-electron chi connectivity index (χ1n) is 8.19. The van der Waals surface area contributed by atoms with E-state index in [-0.39, 0.29) is 18.1 Å². The summed E-state index contributed by atoms with van der Waals surface area (Å²) >= 11 is 7.12. The van der Waals surface area contributed by atoms with E-state index in [1.165, 1.54) is 11.3 Å². The largest absolute Gasteiger partial charge is 0.446 e. The molecule has 1 aromatic heterocycles. The molecule has 0 spiro atoms. The summed E-state index contributed by atoms with van der Waals surface area (Å²) in [7, 11) is 0. The van der Waals surface area contributed by atoms with Crippen LogP contribution < -0.4 is 10.6 Å². The molecule has 2 N–H and O–H groups in total. The monoisotopic (exact) mass is 378 g/mol. The number of para-hydroxylation sites is 1. The summed E-state index contributed by atoms with van der Waals surface area (Å²) in [5.74, 6) is -0.128. The third-order valence-electron chi connectivity index (χ3n) is 4.05. The number of halogens is 1. The second kappa shape index (κ2) is 8.36. The summed E-state index contributed by atoms with van der Waals surface area (Å²) in [5, 5.41) is 5.71. The number of anilines is 1. The van der Waals surface area contributed by atoms with Gasteiger partial charge in [0.15, 0.2) is 0 Å². The lowest BCUT2D eigenvalue weighted by Gasteiger charge is -2.29. The average molecular weight is 379 g/mol. The number of benzene rings is 1. The van der Waals surface area contributed by atoms with E-state index in [0.717, 1.165) is 19.3 Å². The van der Waals surface area contributed by atoms with E-state index in [2.05, 4.69) is 10.6 Å². The smallest absolute Gasteiger partial charge is 0.411 e. The fourth-order valence-corrected chi connectivity index (χ4v) is 3.84. The Morgan fingerprint density at radius 3 is 2.64 bits per heavy atom. The van der Waals surface area contributed by atoms with Crippen molar-refractivity contribution in [1.29, 1.82) is 0 Å². The van der Waals surface area contributed by atoms with Gasteiger partial charge in [0.1, 0.15) is 6.10 Å². The molecule has 2 amide bonds. The number of carbonyl (C=O) groups is 2. The standard InChI is InChI=1S/C18H19ClN2O3S/c19-16-10-9-15(25-16)17(22)20-13-7-4-8-14(11-13)24-18(23)21-12-5-2-1-3-6-12/h1-3,5-6,9-10,13-14H,4,7-8,11H2,(H,20,22)(H,21,23). The zero-order chi connectivity index (χ0) is 17.6. The first kappa shape index (κ1) is 17.8. The third kappa shape index (κ3) is 5.21. The first-order chi connectivity index (χ1) is 12.1. The highest BCUT2D eigenvalue weighted by Gasteiger charge is 2.26. The van der Waals surface area contributed by atoms with Crippen molar-refractivity contribution in [2.75, 3.05) is 5.32 Å². The molecule has 132 valence electrons. The number of nitrogens with one attached hydrogen (secondary N) is 2. The molecule has 25 heavy (non-hydrogen) atoms. The molecule has 2 unspecified atom stereocenters. The van der Waals surface area contributed by atoms with Crippen LogP contribution >= 0.6 is 22.9 Å². The van der Waals surface area contributed by atoms with Crippen LogP contribution in [0.25, 0.3) is 0 Å². The van der Waals surface area contributed by atoms with Crippen LogP contribution in [-0.2, 0) is 4.74 Å². The third-order valence-corrected chi connectivity index (χ3v) is 5.28. The molecule has 2 aromatic rings. The van der Waals surface area contributed by atoms with Crippen molar-refractivity contribution in [3.8, 4) is 0 Å². The van der Waals surface area contributed by atoms with Crippen LogP contribution in [0.3, 0.4) is 0 Å². The molecule has 0 bridgehead atoms. The van der Waals surface area contributed by atoms with Gasteiger partial charge in [-0.2, -0.15) is 0 Å². The van der Waals surface area contributed by atoms with Crippen LogP contribution in [0.5, 0.6) is 0 Å². The van der Waals surface area contributed by atoms with Gasteiger partial charge in [-0.25, -0.2) is 4.79 Å². The van der Waals surface area contributed by atoms with E-state index in [4.69, 9.17) is 16.3 Å². The van der Waals surface area contributed by atoms with Gasteiger partial charge in [0.05, 0.1) is 9.21 Å². The minimum Gasteiger partial charge on any atom is -0.446 e. The van der Waals surface area contributed by atoms with E-state index in [1.54, 1.807) is 24.3 Å². The highest BCUT2D eigenvalue weighted by atomic mass is 35.5. The van der Waals surface area contributed by atoms with Crippen LogP contribution in [0.4, 0.5) is 10.5 Å². The molecule has 7 heteroatoms. The van der Waals surface area contributed by atoms with Crippen molar-refractivity contribution in [3.05, 3.63) is 51.7 Å². The molecule has 1 saturated carbocycles. The van der Waals surface area contributed by atoms with Crippen molar-refractivity contribution in [2.45, 2.75) is 37.8 Å². The van der Waals surface area contributed by atoms with Crippen LogP contribution in [0.2, 0.25) is 4.34 Å². The Bertz CT molecular complexity index is 735. The van der Waals surface area contributed by atoms with Gasteiger partial charge in [0.25, 0.3) is 5.91 Å². The van der Waals surface area contributed by atoms with Crippen LogP contribution in [0.15, 0.2) is 42.5 Å². The molecule has 0 radical (unpaired) electrons. The second-order valence-electron chi connectivity index (χ2n) is 5.96. The molecule has 0 aliphatic heterocycles. The number of thiophene rings is 1. The average Bonchev–Trinajstić information content (AvgIpc) is 3.02. The quantitative estimate of drug-likeness (QED) is 0.810. The zero-order valence-electron chi connectivity index (χ0n) is 13.5. The summed E-state index contributed by atoms with van der Waals surface area (Å²) in [6.07, 6.45) is 2.54. The molecule has 1 aromatic carbocycles. The highest BCUT2D eigenvalue weighted by molar-refractivity contribution is 7.18. The van der Waals surface area contributed by atoms with Gasteiger partial charge < -0.3 is 10.1 Å². The molecule has 1 aliphatic carbocycles. The Labute approximate surface area is 155 Å². The Kier molecular flexibility index (Phi) is 5.94. The lowest BCUT2D eigenvalue weighted by molar-refractivity contribution is 0.0714. The van der Waals surface area contributed by atoms with E-state index >= 15 is 0 Å². The van der Waals surface area contributed by atoms with Crippen molar-refractivity contribution < 1.29 is 14.3 Å². The van der Waals surface area contributed by atoms with Crippen molar-refractivity contribution in [2.24, 2.45) is 0 Å². The van der Waals surface area contributed by atoms with Gasteiger partial charge >= 0.3 is 6.09 Å². The summed E-state index contributed by atoms with van der Waals surface area (Å²) in [6.45, 7) is 0. The molecule has 3 rings (SSSR count). The molecule has 1 fully saturated rings. The molecule has 2 atom stereocenters. The van der Waals surface area contributed by atoms with E-state index < -0.39 is 6.09 Å². The van der Waals surface area contributed by atoms with Crippen molar-refractivity contribution >= 4 is 40.6 Å². The fraction of sp³-hybridized carbons (Fsp3) is 0.333. The maximum Gasteiger partial charge on any atom is 0.411 e. The Morgan fingerprint density at radius 1 is 1.12 bits per heavy atom. The van der Waals surface area contributed by atoms with E-state index in [0.29, 0.717) is 21.3 Å². The molecular formula is C18H19ClN2O3S. The Hall–Kier alpha value is -2.05. The predicted octanol–water partition coefficient (Wildman–Crippen LogP) is 4.69. The van der Waals surface area contributed by atoms with Gasteiger partial charge in [0.2, 0.25) is 0 Å². The summed E-state index contributed by atoms with van der Waals surface area (Å²) in [6, 6.07) is 12.6. The number of rotatable bonds is 4. The summed E-state index contributed by atoms with van der Waals surface area (Å²) < 4.78 is 6.09. The Balaban J connectivity index is 1.49. The highest BCUT2D eigenvalue weighted by Crippen LogP contribution is 2.24. The predicted molar refractivity (Wildman–Crippen MR) is 99.4 cm³/mol. The van der Waals surface area contributed by atoms with Crippen molar-refractivity contribution in [3.63, 3.8) is 0 Å². The maximum atomic E-state index is 12.2. The first-order valence-corrected chi connectivity index (χ1v) is 9.38. The normalized spacial score (nSPS) is 19.9. The van der Waals surface area contributed by atoms with Crippen LogP contribution in [0.1, 0.15) is 35.4 Å². The van der Waals surface area contributed by atoms with E-state index in [1.807, 2.05) is 18.2 Å². The summed E-state index contributed by atoms with van der Waals surface area (Å²) in [5.41, 5.74) is 0.697. The second-order valence-corrected chi connectivity index (χ2v) is 7.67. The van der Waals surface area contributed by atoms with Gasteiger partial charge in [0, 0.05) is 18.2 Å². The molecular weight excluding hydrogens is 360 g/mol. The molecule has 1 aliphatic rings. The molecule has 1 heterocycles. The van der Waals surface area contributed by atoms with Crippen LogP contribution in [0, 0.1) is 0 Å². The number of amides is 2. The number of ether oxygens (including phenoxy) is 1. The topological polar surface area (TPSA) is 67.4 Å². The fourth-order valence-electron chi connectivity index (χ4n) is 2.90. The van der Waals surface area contributed by atoms with Gasteiger partial charge in [-0.3, -0.25) is 10.1 Å². The number of carbonyl (C=O) groups excluding carboxylic acids is 2. The van der Waals surface area contributed by atoms with E-state index in [9.17, 15) is 9.59 Å². The lowest BCUT2D eigenvalue weighted by atomic mass is 9.93. The van der Waals surface area contributed by atoms with Gasteiger partial charge in [-0.05, 0) is 43.5 Å². The zero-order valence-corrected chi connectivity index (χ0v) is 15.1. The minimum atomic E-state index is -0.465. The number of hydrogen-bond donors (Lipinski definition) is 2. The Morgan fingerprint density at radius 2 is 1.92 bits per heavy atom. The number of hydrogen-bond acceptors (Lipinski definition) is 4. The maximum absolute atomic E-state index is 12.2. The van der Waals surface area contributed by atoms with Gasteiger partial charge in [-0.1, -0.05) is 29.8 Å². The van der Waals surface area contributed by atoms with Crippen molar-refractivity contribution in [1.82, 2.24) is 5.32 Å².